The number of ether oxygens (including phenoxy) is 1. The Hall–Kier alpha value is -2.70. The zero-order valence-electron chi connectivity index (χ0n) is 22.8. The monoisotopic (exact) mass is 601 g/mol. The molecule has 0 radical (unpaired) electrons. The molecule has 0 aliphatic carbocycles. The Kier molecular flexibility index (Phi) is 9.97. The normalized spacial score (nSPS) is 17.9. The van der Waals surface area contributed by atoms with Gasteiger partial charge in [-0.2, -0.15) is 26.3 Å². The second-order valence-corrected chi connectivity index (χ2v) is 11.5. The largest absolute Gasteiger partial charge is 0.418 e. The van der Waals surface area contributed by atoms with Crippen LogP contribution in [0.2, 0.25) is 0 Å². The highest BCUT2D eigenvalue weighted by atomic mass is 32.2. The average molecular weight is 602 g/mol. The lowest BCUT2D eigenvalue weighted by atomic mass is 9.96. The van der Waals surface area contributed by atoms with E-state index in [1.54, 1.807) is 29.2 Å². The van der Waals surface area contributed by atoms with Gasteiger partial charge in [-0.25, -0.2) is 0 Å². The van der Waals surface area contributed by atoms with Crippen LogP contribution in [0.4, 0.5) is 32.0 Å². The summed E-state index contributed by atoms with van der Waals surface area (Å²) in [7, 11) is 0. The van der Waals surface area contributed by atoms with E-state index in [0.717, 1.165) is 44.1 Å². The summed E-state index contributed by atoms with van der Waals surface area (Å²) in [5.74, 6) is -1.15. The molecule has 0 atom stereocenters. The molecule has 1 N–H and O–H groups in total. The molecule has 0 amide bonds. The Morgan fingerprint density at radius 2 is 1.63 bits per heavy atom. The van der Waals surface area contributed by atoms with Crippen molar-refractivity contribution in [2.45, 2.75) is 60.9 Å². The molecule has 2 aromatic carbocycles. The number of allylic oxidation sites excluding steroid dienone is 1. The van der Waals surface area contributed by atoms with Crippen molar-refractivity contribution in [3.05, 3.63) is 65.4 Å². The van der Waals surface area contributed by atoms with Crippen molar-refractivity contribution in [3.8, 4) is 0 Å². The van der Waals surface area contributed by atoms with Crippen molar-refractivity contribution >= 4 is 23.2 Å². The number of hydrogen-bond acceptors (Lipinski definition) is 6. The van der Waals surface area contributed by atoms with E-state index >= 15 is 0 Å². The first-order chi connectivity index (χ1) is 19.3. The number of anilines is 1. The first-order valence-electron chi connectivity index (χ1n) is 13.5. The first kappa shape index (κ1) is 31.2. The molecule has 2 saturated heterocycles. The minimum atomic E-state index is -5.41. The van der Waals surface area contributed by atoms with Gasteiger partial charge in [0.25, 0.3) is 0 Å². The fraction of sp³-hybridized carbons (Fsp3) is 0.483. The van der Waals surface area contributed by atoms with Gasteiger partial charge in [-0.1, -0.05) is 17.8 Å². The van der Waals surface area contributed by atoms with Crippen LogP contribution in [0.15, 0.2) is 58.5 Å². The maximum Gasteiger partial charge on any atom is 0.418 e. The van der Waals surface area contributed by atoms with E-state index in [1.807, 2.05) is 0 Å². The third-order valence-electron chi connectivity index (χ3n) is 7.17. The minimum Gasteiger partial charge on any atom is -0.382 e. The van der Waals surface area contributed by atoms with E-state index in [2.05, 4.69) is 24.1 Å². The number of nitrogens with zero attached hydrogens (tertiary/aromatic N) is 2. The second kappa shape index (κ2) is 13.1. The first-order valence-corrected chi connectivity index (χ1v) is 14.3. The molecule has 2 heterocycles. The topological polar surface area (TPSA) is 44.8 Å². The number of hydrogen-bond donors (Lipinski definition) is 1. The van der Waals surface area contributed by atoms with Crippen molar-refractivity contribution in [1.82, 2.24) is 9.80 Å². The third kappa shape index (κ3) is 8.20. The van der Waals surface area contributed by atoms with Crippen LogP contribution in [0.1, 0.15) is 48.2 Å². The number of benzene rings is 2. The van der Waals surface area contributed by atoms with Crippen molar-refractivity contribution in [2.75, 3.05) is 44.7 Å². The molecule has 2 aromatic rings. The van der Waals surface area contributed by atoms with Crippen LogP contribution in [0, 0.1) is 0 Å². The maximum atomic E-state index is 14.3. The smallest absolute Gasteiger partial charge is 0.382 e. The zero-order chi connectivity index (χ0) is 29.8. The van der Waals surface area contributed by atoms with E-state index < -0.39 is 39.7 Å². The zero-order valence-corrected chi connectivity index (χ0v) is 23.6. The average Bonchev–Trinajstić information content (AvgIpc) is 2.91. The van der Waals surface area contributed by atoms with Crippen molar-refractivity contribution < 1.29 is 35.9 Å². The SMILES string of the molecule is CC(C)N1CCC(Nc2cccc(Sc3ccc(C(=O)C=CN4CCOCC4)c(C(F)(F)F)c3C(F)(F)F)c2)CC1. The summed E-state index contributed by atoms with van der Waals surface area (Å²) in [6.07, 6.45) is -6.78. The van der Waals surface area contributed by atoms with Crippen molar-refractivity contribution in [2.24, 2.45) is 0 Å². The molecule has 0 unspecified atom stereocenters. The predicted molar refractivity (Wildman–Crippen MR) is 146 cm³/mol. The summed E-state index contributed by atoms with van der Waals surface area (Å²) in [4.78, 5) is 16.5. The van der Waals surface area contributed by atoms with Crippen LogP contribution in [0.5, 0.6) is 0 Å². The van der Waals surface area contributed by atoms with E-state index in [-0.39, 0.29) is 6.04 Å². The molecule has 5 nitrogen and oxygen atoms in total. The van der Waals surface area contributed by atoms with Gasteiger partial charge >= 0.3 is 12.4 Å². The van der Waals surface area contributed by atoms with E-state index in [1.165, 1.54) is 6.20 Å². The number of morpholine rings is 1. The van der Waals surface area contributed by atoms with Gasteiger partial charge in [-0.15, -0.1) is 0 Å². The molecule has 0 spiro atoms. The molecule has 2 aliphatic rings. The van der Waals surface area contributed by atoms with E-state index in [9.17, 15) is 31.1 Å². The minimum absolute atomic E-state index is 0.184. The highest BCUT2D eigenvalue weighted by Crippen LogP contribution is 2.48. The number of piperidine rings is 1. The molecule has 224 valence electrons. The molecule has 0 bridgehead atoms. The Labute approximate surface area is 239 Å². The molecule has 2 aliphatic heterocycles. The molecule has 4 rings (SSSR count). The summed E-state index contributed by atoms with van der Waals surface area (Å²) in [5, 5.41) is 3.41. The Morgan fingerprint density at radius 3 is 2.24 bits per heavy atom. The van der Waals surface area contributed by atoms with Gasteiger partial charge in [0.05, 0.1) is 24.3 Å². The predicted octanol–water partition coefficient (Wildman–Crippen LogP) is 7.19. The summed E-state index contributed by atoms with van der Waals surface area (Å²) in [6, 6.07) is 9.03. The fourth-order valence-electron chi connectivity index (χ4n) is 5.01. The van der Waals surface area contributed by atoms with Gasteiger partial charge in [0.2, 0.25) is 0 Å². The van der Waals surface area contributed by atoms with Crippen LogP contribution in [-0.4, -0.2) is 67.1 Å². The lowest BCUT2D eigenvalue weighted by Crippen LogP contribution is -2.42. The summed E-state index contributed by atoms with van der Waals surface area (Å²) < 4.78 is 90.5. The number of alkyl halides is 6. The van der Waals surface area contributed by atoms with Crippen molar-refractivity contribution in [1.29, 1.82) is 0 Å². The molecule has 0 aromatic heterocycles. The Morgan fingerprint density at radius 1 is 0.976 bits per heavy atom. The quantitative estimate of drug-likeness (QED) is 0.196. The van der Waals surface area contributed by atoms with Gasteiger partial charge in [0.1, 0.15) is 0 Å². The van der Waals surface area contributed by atoms with E-state index in [0.29, 0.717) is 54.7 Å². The van der Waals surface area contributed by atoms with Crippen LogP contribution in [-0.2, 0) is 17.1 Å². The van der Waals surface area contributed by atoms with E-state index in [4.69, 9.17) is 4.74 Å². The summed E-state index contributed by atoms with van der Waals surface area (Å²) in [5.41, 5.74) is -4.19. The van der Waals surface area contributed by atoms with Gasteiger partial charge in [-0.3, -0.25) is 4.79 Å². The van der Waals surface area contributed by atoms with Gasteiger partial charge in [0, 0.05) is 71.6 Å². The van der Waals surface area contributed by atoms with Crippen LogP contribution >= 0.6 is 11.8 Å². The summed E-state index contributed by atoms with van der Waals surface area (Å²) in [6.45, 7) is 7.72. The van der Waals surface area contributed by atoms with Gasteiger partial charge in [-0.05, 0) is 57.0 Å². The Balaban J connectivity index is 1.61. The van der Waals surface area contributed by atoms with Crippen LogP contribution in [0.25, 0.3) is 0 Å². The van der Waals surface area contributed by atoms with Crippen LogP contribution in [0.3, 0.4) is 0 Å². The van der Waals surface area contributed by atoms with Gasteiger partial charge in [0.15, 0.2) is 5.78 Å². The number of likely N-dealkylation sites (tertiary alicyclic amines) is 1. The Bertz CT molecular complexity index is 1230. The standard InChI is InChI=1S/C29H33F6N3O2S/c1-19(2)38-12-8-20(9-13-38)36-21-4-3-5-22(18-21)41-25-7-6-23(24(39)10-11-37-14-16-40-17-15-37)26(28(30,31)32)27(25)29(33,34)35/h3-7,10-11,18-20,36H,8-9,12-17H2,1-2H3. The number of nitrogens with one attached hydrogen (secondary N) is 1. The molecular weight excluding hydrogens is 568 g/mol. The van der Waals surface area contributed by atoms with Crippen LogP contribution < -0.4 is 5.32 Å². The molecular formula is C29H33F6N3O2S. The highest BCUT2D eigenvalue weighted by molar-refractivity contribution is 7.99. The number of ketones is 1. The molecule has 2 fully saturated rings. The third-order valence-corrected chi connectivity index (χ3v) is 8.22. The lowest BCUT2D eigenvalue weighted by Gasteiger charge is -2.35. The number of rotatable bonds is 8. The molecule has 41 heavy (non-hydrogen) atoms. The van der Waals surface area contributed by atoms with Crippen molar-refractivity contribution in [3.63, 3.8) is 0 Å². The summed E-state index contributed by atoms with van der Waals surface area (Å²) >= 11 is 0.589. The second-order valence-electron chi connectivity index (χ2n) is 10.4. The fourth-order valence-corrected chi connectivity index (χ4v) is 6.05. The number of halogens is 6. The molecule has 12 heteroatoms. The maximum absolute atomic E-state index is 14.3. The lowest BCUT2D eigenvalue weighted by molar-refractivity contribution is -0.163. The highest BCUT2D eigenvalue weighted by Gasteiger charge is 2.47. The number of carbonyl (C=O) groups is 1. The number of carbonyl (C=O) groups excluding carboxylic acids is 1. The van der Waals surface area contributed by atoms with Gasteiger partial charge < -0.3 is 19.9 Å². The molecule has 0 saturated carbocycles.